The predicted octanol–water partition coefficient (Wildman–Crippen LogP) is 2.33. The quantitative estimate of drug-likeness (QED) is 0.717. The molecule has 1 saturated heterocycles. The van der Waals surface area contributed by atoms with Gasteiger partial charge in [-0.3, -0.25) is 4.79 Å². The Balaban J connectivity index is 1.29. The molecule has 27 heavy (non-hydrogen) atoms. The summed E-state index contributed by atoms with van der Waals surface area (Å²) >= 11 is 0. The molecule has 0 aromatic carbocycles. The molecule has 0 bridgehead atoms. The number of carbonyl (C=O) groups excluding carboxylic acids is 2. The highest BCUT2D eigenvalue weighted by Crippen LogP contribution is 2.39. The van der Waals surface area contributed by atoms with E-state index in [1.165, 1.54) is 6.08 Å². The molecule has 2 aliphatic carbocycles. The average Bonchev–Trinajstić information content (AvgIpc) is 3.34. The van der Waals surface area contributed by atoms with Crippen LogP contribution < -0.4 is 5.32 Å². The second-order valence-corrected chi connectivity index (χ2v) is 7.92. The minimum atomic E-state index is -0.744. The topological polar surface area (TPSA) is 77.1 Å². The zero-order valence-corrected chi connectivity index (χ0v) is 15.7. The molecule has 4 rings (SSSR count). The molecule has 2 aliphatic heterocycles. The van der Waals surface area contributed by atoms with Crippen LogP contribution in [0.25, 0.3) is 0 Å². The Morgan fingerprint density at radius 3 is 2.74 bits per heavy atom. The number of esters is 1. The lowest BCUT2D eigenvalue weighted by atomic mass is 9.84. The number of hydrogen-bond acceptors (Lipinski definition) is 6. The Labute approximate surface area is 159 Å². The van der Waals surface area contributed by atoms with Gasteiger partial charge in [-0.2, -0.15) is 0 Å². The van der Waals surface area contributed by atoms with Crippen LogP contribution in [0.15, 0.2) is 24.7 Å². The Morgan fingerprint density at radius 2 is 2.04 bits per heavy atom. The minimum absolute atomic E-state index is 0.153. The van der Waals surface area contributed by atoms with Crippen LogP contribution in [0.3, 0.4) is 0 Å². The van der Waals surface area contributed by atoms with Gasteiger partial charge in [0, 0.05) is 12.3 Å². The maximum absolute atomic E-state index is 12.8. The maximum Gasteiger partial charge on any atom is 0.338 e. The first-order valence-electron chi connectivity index (χ1n) is 10.0. The van der Waals surface area contributed by atoms with Gasteiger partial charge in [0.1, 0.15) is 18.7 Å². The van der Waals surface area contributed by atoms with Gasteiger partial charge in [-0.05, 0) is 51.4 Å². The first kappa shape index (κ1) is 18.5. The van der Waals surface area contributed by atoms with Crippen molar-refractivity contribution in [3.05, 3.63) is 24.7 Å². The molecule has 0 aromatic rings. The summed E-state index contributed by atoms with van der Waals surface area (Å²) in [6.07, 6.45) is 11.4. The van der Waals surface area contributed by atoms with E-state index >= 15 is 0 Å². The molecule has 1 amide bonds. The Kier molecular flexibility index (Phi) is 5.23. The summed E-state index contributed by atoms with van der Waals surface area (Å²) in [5.41, 5.74) is -0.744. The van der Waals surface area contributed by atoms with E-state index in [1.54, 1.807) is 6.20 Å². The van der Waals surface area contributed by atoms with E-state index < -0.39 is 5.60 Å². The standard InChI is InChI=1S/C20H28N2O5/c1-14-21-17(23)9-12-22(14)18-8-7-16(26-18)13-25-19(24)20(27-15-5-6-15)10-3-2-4-11-20/h9,12,15-16,18H,1-8,10-11,13H2,(H,21,23). The second-order valence-electron chi connectivity index (χ2n) is 7.92. The van der Waals surface area contributed by atoms with Gasteiger partial charge < -0.3 is 24.4 Å². The highest BCUT2D eigenvalue weighted by Gasteiger charge is 2.46. The summed E-state index contributed by atoms with van der Waals surface area (Å²) in [5, 5.41) is 2.67. The third-order valence-electron chi connectivity index (χ3n) is 5.71. The smallest absolute Gasteiger partial charge is 0.338 e. The summed E-state index contributed by atoms with van der Waals surface area (Å²) in [6, 6.07) is 0. The summed E-state index contributed by atoms with van der Waals surface area (Å²) in [4.78, 5) is 26.0. The SMILES string of the molecule is C=C1NC(=O)C=CN1C1CCC(COC(=O)C2(OC3CC3)CCCCC2)O1. The molecule has 148 valence electrons. The lowest BCUT2D eigenvalue weighted by molar-refractivity contribution is -0.183. The van der Waals surface area contributed by atoms with Crippen LogP contribution >= 0.6 is 0 Å². The number of carbonyl (C=O) groups is 2. The number of ether oxygens (including phenoxy) is 3. The van der Waals surface area contributed by atoms with E-state index in [4.69, 9.17) is 14.2 Å². The van der Waals surface area contributed by atoms with Crippen molar-refractivity contribution in [2.45, 2.75) is 81.8 Å². The van der Waals surface area contributed by atoms with Crippen molar-refractivity contribution in [3.8, 4) is 0 Å². The Morgan fingerprint density at radius 1 is 1.26 bits per heavy atom. The number of nitrogens with zero attached hydrogens (tertiary/aromatic N) is 1. The molecule has 2 atom stereocenters. The van der Waals surface area contributed by atoms with Crippen LogP contribution in [0.5, 0.6) is 0 Å². The van der Waals surface area contributed by atoms with E-state index in [0.29, 0.717) is 5.82 Å². The first-order chi connectivity index (χ1) is 13.1. The first-order valence-corrected chi connectivity index (χ1v) is 10.0. The summed E-state index contributed by atoms with van der Waals surface area (Å²) < 4.78 is 17.8. The molecule has 7 nitrogen and oxygen atoms in total. The van der Waals surface area contributed by atoms with Gasteiger partial charge in [-0.15, -0.1) is 0 Å². The Hall–Kier alpha value is -1.86. The molecule has 2 heterocycles. The average molecular weight is 376 g/mol. The zero-order valence-electron chi connectivity index (χ0n) is 15.7. The molecular formula is C20H28N2O5. The fourth-order valence-corrected chi connectivity index (χ4v) is 4.07. The minimum Gasteiger partial charge on any atom is -0.461 e. The largest absolute Gasteiger partial charge is 0.461 e. The summed E-state index contributed by atoms with van der Waals surface area (Å²) in [7, 11) is 0. The van der Waals surface area contributed by atoms with Gasteiger partial charge in [0.25, 0.3) is 5.91 Å². The van der Waals surface area contributed by atoms with Crippen LogP contribution in [-0.4, -0.2) is 47.4 Å². The van der Waals surface area contributed by atoms with E-state index in [1.807, 2.05) is 4.90 Å². The van der Waals surface area contributed by atoms with Crippen LogP contribution in [-0.2, 0) is 23.8 Å². The number of amides is 1. The van der Waals surface area contributed by atoms with Crippen molar-refractivity contribution in [3.63, 3.8) is 0 Å². The van der Waals surface area contributed by atoms with E-state index in [-0.39, 0.29) is 36.9 Å². The molecule has 0 radical (unpaired) electrons. The molecule has 0 spiro atoms. The van der Waals surface area contributed by atoms with Gasteiger partial charge >= 0.3 is 5.97 Å². The molecule has 2 saturated carbocycles. The lowest BCUT2D eigenvalue weighted by Crippen LogP contribution is -2.46. The maximum atomic E-state index is 12.8. The molecule has 7 heteroatoms. The number of nitrogens with one attached hydrogen (secondary N) is 1. The van der Waals surface area contributed by atoms with Crippen LogP contribution in [0.4, 0.5) is 0 Å². The number of rotatable bonds is 6. The van der Waals surface area contributed by atoms with Crippen LogP contribution in [0.1, 0.15) is 57.8 Å². The predicted molar refractivity (Wildman–Crippen MR) is 97.0 cm³/mol. The fraction of sp³-hybridized carbons (Fsp3) is 0.700. The third-order valence-corrected chi connectivity index (χ3v) is 5.71. The lowest BCUT2D eigenvalue weighted by Gasteiger charge is -2.35. The van der Waals surface area contributed by atoms with E-state index in [0.717, 1.165) is 57.8 Å². The van der Waals surface area contributed by atoms with Crippen molar-refractivity contribution < 1.29 is 23.8 Å². The fourth-order valence-electron chi connectivity index (χ4n) is 4.07. The Bertz CT molecular complexity index is 636. The van der Waals surface area contributed by atoms with Gasteiger partial charge in [-0.1, -0.05) is 13.0 Å². The van der Waals surface area contributed by atoms with Crippen molar-refractivity contribution in [1.29, 1.82) is 0 Å². The van der Waals surface area contributed by atoms with Gasteiger partial charge in [0.15, 0.2) is 5.60 Å². The normalized spacial score (nSPS) is 30.3. The molecule has 4 aliphatic rings. The van der Waals surface area contributed by atoms with E-state index in [2.05, 4.69) is 11.9 Å². The highest BCUT2D eigenvalue weighted by molar-refractivity contribution is 5.89. The van der Waals surface area contributed by atoms with E-state index in [9.17, 15) is 9.59 Å². The van der Waals surface area contributed by atoms with Gasteiger partial charge in [0.2, 0.25) is 0 Å². The molecule has 1 N–H and O–H groups in total. The van der Waals surface area contributed by atoms with Crippen molar-refractivity contribution >= 4 is 11.9 Å². The molecular weight excluding hydrogens is 348 g/mol. The van der Waals surface area contributed by atoms with Crippen molar-refractivity contribution in [2.24, 2.45) is 0 Å². The van der Waals surface area contributed by atoms with Crippen molar-refractivity contribution in [2.75, 3.05) is 6.61 Å². The van der Waals surface area contributed by atoms with Crippen LogP contribution in [0, 0.1) is 0 Å². The summed E-state index contributed by atoms with van der Waals surface area (Å²) in [6.45, 7) is 4.09. The molecule has 2 unspecified atom stereocenters. The second kappa shape index (κ2) is 7.64. The molecule has 0 aromatic heterocycles. The monoisotopic (exact) mass is 376 g/mol. The third kappa shape index (κ3) is 4.19. The van der Waals surface area contributed by atoms with Crippen LogP contribution in [0.2, 0.25) is 0 Å². The number of hydrogen-bond donors (Lipinski definition) is 1. The van der Waals surface area contributed by atoms with Gasteiger partial charge in [-0.25, -0.2) is 4.79 Å². The van der Waals surface area contributed by atoms with Crippen molar-refractivity contribution in [1.82, 2.24) is 10.2 Å². The summed E-state index contributed by atoms with van der Waals surface area (Å²) in [5.74, 6) is 0.0907. The highest BCUT2D eigenvalue weighted by atomic mass is 16.6. The zero-order chi connectivity index (χ0) is 18.9. The molecule has 3 fully saturated rings. The van der Waals surface area contributed by atoms with Gasteiger partial charge in [0.05, 0.1) is 12.2 Å².